The molecule has 10 heteroatoms. The molecule has 0 unspecified atom stereocenters. The van der Waals surface area contributed by atoms with Crippen molar-refractivity contribution in [2.75, 3.05) is 25.6 Å². The maximum atomic E-state index is 13.0. The van der Waals surface area contributed by atoms with E-state index in [1.807, 2.05) is 0 Å². The summed E-state index contributed by atoms with van der Waals surface area (Å²) in [5, 5.41) is 7.14. The lowest BCUT2D eigenvalue weighted by molar-refractivity contribution is -0.133. The summed E-state index contributed by atoms with van der Waals surface area (Å²) < 4.78 is 10.1. The number of anilines is 1. The second-order valence-corrected chi connectivity index (χ2v) is 7.52. The first-order valence-electron chi connectivity index (χ1n) is 9.13. The molecule has 1 atom stereocenters. The minimum atomic E-state index is -1.30. The fourth-order valence-corrected chi connectivity index (χ4v) is 3.84. The molecule has 2 heterocycles. The Balaban J connectivity index is 1.72. The van der Waals surface area contributed by atoms with E-state index >= 15 is 0 Å². The Morgan fingerprint density at radius 1 is 1.20 bits per heavy atom. The van der Waals surface area contributed by atoms with Gasteiger partial charge in [0, 0.05) is 0 Å². The highest BCUT2D eigenvalue weighted by molar-refractivity contribution is 7.14. The van der Waals surface area contributed by atoms with E-state index in [-0.39, 0.29) is 12.2 Å². The van der Waals surface area contributed by atoms with Gasteiger partial charge in [-0.2, -0.15) is 0 Å². The zero-order valence-corrected chi connectivity index (χ0v) is 17.5. The molecule has 1 aromatic carbocycles. The fraction of sp³-hybridized carbons (Fsp3) is 0.300. The standard InChI is InChI=1S/C20H21N3O6S/c1-4-29-17(25)14-9-10-30-16(14)21-15(24)11-23-18(26)20(2,22-19(23)27)12-5-7-13(28-3)8-6-12/h5-10H,4,11H2,1-3H3,(H,21,24)(H,22,27)/t20-/m1/s1. The van der Waals surface area contributed by atoms with E-state index < -0.39 is 35.9 Å². The van der Waals surface area contributed by atoms with Crippen LogP contribution in [0.2, 0.25) is 0 Å². The Morgan fingerprint density at radius 3 is 2.53 bits per heavy atom. The molecule has 1 aromatic heterocycles. The molecule has 0 aliphatic carbocycles. The number of esters is 1. The molecule has 4 amide bonds. The number of rotatable bonds is 7. The third kappa shape index (κ3) is 3.99. The van der Waals surface area contributed by atoms with Gasteiger partial charge < -0.3 is 20.1 Å². The predicted molar refractivity (Wildman–Crippen MR) is 109 cm³/mol. The molecule has 0 spiro atoms. The van der Waals surface area contributed by atoms with Crippen LogP contribution in [0.1, 0.15) is 29.8 Å². The molecule has 3 rings (SSSR count). The summed E-state index contributed by atoms with van der Waals surface area (Å²) in [7, 11) is 1.53. The van der Waals surface area contributed by atoms with Gasteiger partial charge in [0.25, 0.3) is 5.91 Å². The highest BCUT2D eigenvalue weighted by Gasteiger charge is 2.49. The summed E-state index contributed by atoms with van der Waals surface area (Å²) in [5.41, 5.74) is -0.522. The quantitative estimate of drug-likeness (QED) is 0.514. The van der Waals surface area contributed by atoms with Crippen LogP contribution < -0.4 is 15.4 Å². The Hall–Kier alpha value is -3.40. The van der Waals surface area contributed by atoms with Crippen molar-refractivity contribution in [2.24, 2.45) is 0 Å². The van der Waals surface area contributed by atoms with E-state index in [2.05, 4.69) is 10.6 Å². The number of nitrogens with zero attached hydrogens (tertiary/aromatic N) is 1. The van der Waals surface area contributed by atoms with E-state index in [0.29, 0.717) is 16.3 Å². The van der Waals surface area contributed by atoms with Crippen molar-refractivity contribution in [3.8, 4) is 5.75 Å². The Kier molecular flexibility index (Phi) is 6.06. The normalized spacial score (nSPS) is 18.2. The summed E-state index contributed by atoms with van der Waals surface area (Å²) in [6, 6.07) is 7.58. The number of benzene rings is 1. The van der Waals surface area contributed by atoms with Crippen LogP contribution in [0.15, 0.2) is 35.7 Å². The smallest absolute Gasteiger partial charge is 0.341 e. The summed E-state index contributed by atoms with van der Waals surface area (Å²) in [6.07, 6.45) is 0. The van der Waals surface area contributed by atoms with Gasteiger partial charge in [-0.15, -0.1) is 11.3 Å². The van der Waals surface area contributed by atoms with Crippen molar-refractivity contribution in [1.82, 2.24) is 10.2 Å². The molecule has 30 heavy (non-hydrogen) atoms. The number of methoxy groups -OCH3 is 1. The molecule has 1 fully saturated rings. The number of urea groups is 1. The minimum absolute atomic E-state index is 0.203. The number of thiophene rings is 1. The number of carbonyl (C=O) groups excluding carboxylic acids is 4. The largest absolute Gasteiger partial charge is 0.497 e. The molecule has 0 saturated carbocycles. The van der Waals surface area contributed by atoms with Gasteiger partial charge in [-0.05, 0) is 43.0 Å². The van der Waals surface area contributed by atoms with E-state index in [4.69, 9.17) is 9.47 Å². The molecule has 0 radical (unpaired) electrons. The number of imide groups is 1. The fourth-order valence-electron chi connectivity index (χ4n) is 3.05. The first kappa shape index (κ1) is 21.3. The van der Waals surface area contributed by atoms with Crippen LogP contribution in [0.5, 0.6) is 5.75 Å². The molecule has 2 N–H and O–H groups in total. The number of hydrogen-bond donors (Lipinski definition) is 2. The van der Waals surface area contributed by atoms with Crippen LogP contribution in [0, 0.1) is 0 Å². The van der Waals surface area contributed by atoms with Gasteiger partial charge in [0.1, 0.15) is 22.8 Å². The van der Waals surface area contributed by atoms with E-state index in [1.165, 1.54) is 13.2 Å². The third-order valence-corrected chi connectivity index (χ3v) is 5.49. The summed E-state index contributed by atoms with van der Waals surface area (Å²) in [5.74, 6) is -1.10. The average Bonchev–Trinajstić information content (AvgIpc) is 3.27. The van der Waals surface area contributed by atoms with Crippen LogP contribution in [0.25, 0.3) is 0 Å². The first-order valence-corrected chi connectivity index (χ1v) is 10.0. The van der Waals surface area contributed by atoms with Crippen LogP contribution in [0.3, 0.4) is 0 Å². The lowest BCUT2D eigenvalue weighted by Crippen LogP contribution is -2.42. The molecular formula is C20H21N3O6S. The van der Waals surface area contributed by atoms with Crippen LogP contribution in [-0.4, -0.2) is 49.0 Å². The third-order valence-electron chi connectivity index (χ3n) is 4.66. The van der Waals surface area contributed by atoms with E-state index in [0.717, 1.165) is 16.2 Å². The van der Waals surface area contributed by atoms with Crippen LogP contribution in [-0.2, 0) is 19.9 Å². The van der Waals surface area contributed by atoms with E-state index in [1.54, 1.807) is 43.5 Å². The monoisotopic (exact) mass is 431 g/mol. The number of nitrogens with one attached hydrogen (secondary N) is 2. The van der Waals surface area contributed by atoms with Crippen molar-refractivity contribution < 1.29 is 28.7 Å². The minimum Gasteiger partial charge on any atom is -0.497 e. The Bertz CT molecular complexity index is 987. The molecule has 158 valence electrons. The molecule has 2 aromatic rings. The first-order chi connectivity index (χ1) is 14.3. The van der Waals surface area contributed by atoms with Crippen LogP contribution in [0.4, 0.5) is 9.80 Å². The maximum Gasteiger partial charge on any atom is 0.341 e. The van der Waals surface area contributed by atoms with Gasteiger partial charge in [0.05, 0.1) is 19.3 Å². The summed E-state index contributed by atoms with van der Waals surface area (Å²) >= 11 is 1.14. The highest BCUT2D eigenvalue weighted by atomic mass is 32.1. The molecular weight excluding hydrogens is 410 g/mol. The molecule has 1 saturated heterocycles. The maximum absolute atomic E-state index is 13.0. The zero-order chi connectivity index (χ0) is 21.9. The zero-order valence-electron chi connectivity index (χ0n) is 16.7. The average molecular weight is 431 g/mol. The number of hydrogen-bond acceptors (Lipinski definition) is 7. The predicted octanol–water partition coefficient (Wildman–Crippen LogP) is 2.34. The molecule has 0 bridgehead atoms. The van der Waals surface area contributed by atoms with Crippen molar-refractivity contribution in [1.29, 1.82) is 0 Å². The van der Waals surface area contributed by atoms with Gasteiger partial charge in [-0.1, -0.05) is 12.1 Å². The van der Waals surface area contributed by atoms with Gasteiger partial charge in [0.15, 0.2) is 0 Å². The Morgan fingerprint density at radius 2 is 1.90 bits per heavy atom. The second-order valence-electron chi connectivity index (χ2n) is 6.61. The lowest BCUT2D eigenvalue weighted by atomic mass is 9.92. The number of carbonyl (C=O) groups is 4. The van der Waals surface area contributed by atoms with Crippen molar-refractivity contribution in [3.63, 3.8) is 0 Å². The molecule has 1 aliphatic rings. The summed E-state index contributed by atoms with van der Waals surface area (Å²) in [6.45, 7) is 2.97. The van der Waals surface area contributed by atoms with Gasteiger partial charge in [-0.3, -0.25) is 14.5 Å². The van der Waals surface area contributed by atoms with Crippen molar-refractivity contribution in [3.05, 3.63) is 46.8 Å². The Labute approximate surface area is 177 Å². The van der Waals surface area contributed by atoms with Crippen molar-refractivity contribution in [2.45, 2.75) is 19.4 Å². The topological polar surface area (TPSA) is 114 Å². The van der Waals surface area contributed by atoms with Crippen molar-refractivity contribution >= 4 is 40.2 Å². The van der Waals surface area contributed by atoms with E-state index in [9.17, 15) is 19.2 Å². The summed E-state index contributed by atoms with van der Waals surface area (Å²) in [4.78, 5) is 50.6. The van der Waals surface area contributed by atoms with Gasteiger partial charge >= 0.3 is 12.0 Å². The van der Waals surface area contributed by atoms with Gasteiger partial charge in [0.2, 0.25) is 5.91 Å². The number of amides is 4. The molecule has 9 nitrogen and oxygen atoms in total. The molecule has 1 aliphatic heterocycles. The van der Waals surface area contributed by atoms with Crippen LogP contribution >= 0.6 is 11.3 Å². The SMILES string of the molecule is CCOC(=O)c1ccsc1NC(=O)CN1C(=O)N[C@](C)(c2ccc(OC)cc2)C1=O. The second kappa shape index (κ2) is 8.54. The van der Waals surface area contributed by atoms with Gasteiger partial charge in [-0.25, -0.2) is 9.59 Å². The number of ether oxygens (including phenoxy) is 2. The highest BCUT2D eigenvalue weighted by Crippen LogP contribution is 2.30. The lowest BCUT2D eigenvalue weighted by Gasteiger charge is -2.22.